The zero-order chi connectivity index (χ0) is 20.2. The Balaban J connectivity index is 2.14. The van der Waals surface area contributed by atoms with Crippen LogP contribution in [0.3, 0.4) is 0 Å². The van der Waals surface area contributed by atoms with Crippen LogP contribution in [0.1, 0.15) is 52.5 Å². The fourth-order valence-corrected chi connectivity index (χ4v) is 3.52. The summed E-state index contributed by atoms with van der Waals surface area (Å²) in [5.41, 5.74) is 1.67. The maximum atomic E-state index is 12.2. The standard InChI is InChI=1S/C21H29ClN2O3/c1-14(2)18(25)12-16-17(8-9-23-20(16)22)24-10-6-7-15(13-24)11-19(26)27-21(3,4)5/h8-9,15H,1,6-7,10-13H2,2-5H3/t15-/m0/s1. The van der Waals surface area contributed by atoms with Crippen LogP contribution in [0.15, 0.2) is 24.4 Å². The maximum absolute atomic E-state index is 12.2. The molecule has 5 nitrogen and oxygen atoms in total. The van der Waals surface area contributed by atoms with Gasteiger partial charge in [-0.2, -0.15) is 0 Å². The molecule has 1 atom stereocenters. The minimum atomic E-state index is -0.472. The number of ether oxygens (including phenoxy) is 1. The zero-order valence-corrected chi connectivity index (χ0v) is 17.4. The van der Waals surface area contributed by atoms with Gasteiger partial charge in [-0.25, -0.2) is 4.98 Å². The van der Waals surface area contributed by atoms with Gasteiger partial charge < -0.3 is 9.64 Å². The molecule has 0 bridgehead atoms. The van der Waals surface area contributed by atoms with Gasteiger partial charge in [0, 0.05) is 37.0 Å². The molecule has 27 heavy (non-hydrogen) atoms. The summed E-state index contributed by atoms with van der Waals surface area (Å²) in [5.74, 6) is -0.00140. The Morgan fingerprint density at radius 1 is 1.41 bits per heavy atom. The van der Waals surface area contributed by atoms with E-state index in [-0.39, 0.29) is 24.1 Å². The Bertz CT molecular complexity index is 725. The van der Waals surface area contributed by atoms with Crippen molar-refractivity contribution in [3.63, 3.8) is 0 Å². The van der Waals surface area contributed by atoms with E-state index in [1.807, 2.05) is 26.8 Å². The molecule has 1 aliphatic heterocycles. The van der Waals surface area contributed by atoms with E-state index in [2.05, 4.69) is 16.5 Å². The van der Waals surface area contributed by atoms with Crippen molar-refractivity contribution in [1.82, 2.24) is 4.98 Å². The minimum absolute atomic E-state index is 0.0477. The topological polar surface area (TPSA) is 59.5 Å². The quantitative estimate of drug-likeness (QED) is 0.408. The molecule has 0 saturated carbocycles. The lowest BCUT2D eigenvalue weighted by Gasteiger charge is -2.35. The van der Waals surface area contributed by atoms with Crippen molar-refractivity contribution in [2.75, 3.05) is 18.0 Å². The molecule has 2 heterocycles. The van der Waals surface area contributed by atoms with Crippen LogP contribution in [-0.4, -0.2) is 35.4 Å². The third kappa shape index (κ3) is 6.35. The molecule has 2 rings (SSSR count). The van der Waals surface area contributed by atoms with E-state index in [4.69, 9.17) is 16.3 Å². The second-order valence-corrected chi connectivity index (χ2v) is 8.58. The number of esters is 1. The molecule has 0 aliphatic carbocycles. The van der Waals surface area contributed by atoms with Crippen LogP contribution < -0.4 is 4.90 Å². The van der Waals surface area contributed by atoms with Crippen molar-refractivity contribution in [2.45, 2.75) is 59.0 Å². The van der Waals surface area contributed by atoms with Crippen molar-refractivity contribution >= 4 is 29.0 Å². The summed E-state index contributed by atoms with van der Waals surface area (Å²) < 4.78 is 5.46. The van der Waals surface area contributed by atoms with Crippen molar-refractivity contribution in [3.8, 4) is 0 Å². The highest BCUT2D eigenvalue weighted by atomic mass is 35.5. The van der Waals surface area contributed by atoms with Crippen molar-refractivity contribution in [1.29, 1.82) is 0 Å². The van der Waals surface area contributed by atoms with E-state index < -0.39 is 5.60 Å². The molecule has 1 saturated heterocycles. The lowest BCUT2D eigenvalue weighted by molar-refractivity contribution is -0.156. The summed E-state index contributed by atoms with van der Waals surface area (Å²) in [5, 5.41) is 0.344. The van der Waals surface area contributed by atoms with Gasteiger partial charge in [-0.15, -0.1) is 0 Å². The number of carbonyl (C=O) groups is 2. The number of nitrogens with zero attached hydrogens (tertiary/aromatic N) is 2. The smallest absolute Gasteiger partial charge is 0.306 e. The van der Waals surface area contributed by atoms with Crippen LogP contribution in [0.25, 0.3) is 0 Å². The average Bonchev–Trinajstić information content (AvgIpc) is 2.54. The number of Topliss-reactive ketones (excluding diaryl/α,β-unsaturated/α-hetero) is 1. The molecule has 1 aromatic rings. The van der Waals surface area contributed by atoms with Crippen molar-refractivity contribution in [3.05, 3.63) is 35.1 Å². The lowest BCUT2D eigenvalue weighted by Crippen LogP contribution is -2.38. The van der Waals surface area contributed by atoms with Gasteiger partial charge in [-0.3, -0.25) is 9.59 Å². The normalized spacial score (nSPS) is 17.5. The molecule has 6 heteroatoms. The number of allylic oxidation sites excluding steroid dienone is 1. The second kappa shape index (κ2) is 8.87. The van der Waals surface area contributed by atoms with Gasteiger partial charge in [0.1, 0.15) is 10.8 Å². The molecule has 1 fully saturated rings. The molecular formula is C21H29ClN2O3. The van der Waals surface area contributed by atoms with Gasteiger partial charge in [0.15, 0.2) is 5.78 Å². The third-order valence-electron chi connectivity index (χ3n) is 4.53. The summed E-state index contributed by atoms with van der Waals surface area (Å²) in [6.45, 7) is 12.6. The Hall–Kier alpha value is -1.88. The zero-order valence-electron chi connectivity index (χ0n) is 16.7. The summed E-state index contributed by atoms with van der Waals surface area (Å²) in [7, 11) is 0. The highest BCUT2D eigenvalue weighted by molar-refractivity contribution is 6.30. The molecular weight excluding hydrogens is 364 g/mol. The molecule has 0 amide bonds. The molecule has 1 aliphatic rings. The third-order valence-corrected chi connectivity index (χ3v) is 4.85. The van der Waals surface area contributed by atoms with Crippen LogP contribution in [0, 0.1) is 5.92 Å². The van der Waals surface area contributed by atoms with E-state index in [9.17, 15) is 9.59 Å². The first-order chi connectivity index (χ1) is 12.6. The summed E-state index contributed by atoms with van der Waals surface area (Å²) in [4.78, 5) is 30.7. The molecule has 0 aromatic carbocycles. The number of rotatable bonds is 6. The van der Waals surface area contributed by atoms with Gasteiger partial charge >= 0.3 is 5.97 Å². The highest BCUT2D eigenvalue weighted by Gasteiger charge is 2.27. The number of pyridine rings is 1. The molecule has 0 spiro atoms. The van der Waals surface area contributed by atoms with E-state index in [1.165, 1.54) is 0 Å². The van der Waals surface area contributed by atoms with Gasteiger partial charge in [-0.1, -0.05) is 18.2 Å². The van der Waals surface area contributed by atoms with Crippen LogP contribution in [0.5, 0.6) is 0 Å². The van der Waals surface area contributed by atoms with Gasteiger partial charge in [0.05, 0.1) is 6.42 Å². The average molecular weight is 393 g/mol. The predicted octanol–water partition coefficient (Wildman–Crippen LogP) is 4.37. The van der Waals surface area contributed by atoms with Crippen LogP contribution >= 0.6 is 11.6 Å². The number of carbonyl (C=O) groups excluding carboxylic acids is 2. The molecule has 0 unspecified atom stereocenters. The fourth-order valence-electron chi connectivity index (χ4n) is 3.30. The Kier molecular flexibility index (Phi) is 7.04. The number of anilines is 1. The largest absolute Gasteiger partial charge is 0.460 e. The molecule has 1 aromatic heterocycles. The summed E-state index contributed by atoms with van der Waals surface area (Å²) >= 11 is 6.30. The second-order valence-electron chi connectivity index (χ2n) is 8.22. The summed E-state index contributed by atoms with van der Waals surface area (Å²) in [6, 6.07) is 1.89. The summed E-state index contributed by atoms with van der Waals surface area (Å²) in [6.07, 6.45) is 4.19. The van der Waals surface area contributed by atoms with Crippen LogP contribution in [-0.2, 0) is 20.7 Å². The monoisotopic (exact) mass is 392 g/mol. The fraction of sp³-hybridized carbons (Fsp3) is 0.571. The number of halogens is 1. The SMILES string of the molecule is C=C(C)C(=O)Cc1c(N2CCC[C@@H](CC(=O)OC(C)(C)C)C2)ccnc1Cl. The Morgan fingerprint density at radius 3 is 2.74 bits per heavy atom. The van der Waals surface area contributed by atoms with E-state index >= 15 is 0 Å². The van der Waals surface area contributed by atoms with E-state index in [1.54, 1.807) is 13.1 Å². The van der Waals surface area contributed by atoms with Crippen molar-refractivity contribution in [2.24, 2.45) is 5.92 Å². The lowest BCUT2D eigenvalue weighted by atomic mass is 9.93. The Morgan fingerprint density at radius 2 is 2.11 bits per heavy atom. The highest BCUT2D eigenvalue weighted by Crippen LogP contribution is 2.31. The minimum Gasteiger partial charge on any atom is -0.460 e. The first-order valence-corrected chi connectivity index (χ1v) is 9.73. The number of hydrogen-bond acceptors (Lipinski definition) is 5. The number of aromatic nitrogens is 1. The molecule has 0 N–H and O–H groups in total. The van der Waals surface area contributed by atoms with Crippen LogP contribution in [0.2, 0.25) is 5.15 Å². The van der Waals surface area contributed by atoms with Gasteiger partial charge in [0.25, 0.3) is 0 Å². The van der Waals surface area contributed by atoms with Crippen molar-refractivity contribution < 1.29 is 14.3 Å². The number of ketones is 1. The predicted molar refractivity (Wildman–Crippen MR) is 108 cm³/mol. The van der Waals surface area contributed by atoms with Gasteiger partial charge in [-0.05, 0) is 58.1 Å². The number of hydrogen-bond donors (Lipinski definition) is 0. The van der Waals surface area contributed by atoms with E-state index in [0.29, 0.717) is 17.1 Å². The first-order valence-electron chi connectivity index (χ1n) is 9.35. The Labute approximate surface area is 166 Å². The van der Waals surface area contributed by atoms with E-state index in [0.717, 1.165) is 37.2 Å². The van der Waals surface area contributed by atoms with Gasteiger partial charge in [0.2, 0.25) is 0 Å². The maximum Gasteiger partial charge on any atom is 0.306 e. The van der Waals surface area contributed by atoms with Crippen LogP contribution in [0.4, 0.5) is 5.69 Å². The first kappa shape index (κ1) is 21.4. The molecule has 0 radical (unpaired) electrons. The number of piperidine rings is 1. The molecule has 148 valence electrons.